The zero-order valence-electron chi connectivity index (χ0n) is 16.2. The summed E-state index contributed by atoms with van der Waals surface area (Å²) in [5.41, 5.74) is 1.56. The fraction of sp³-hybridized carbons (Fsp3) is 0.450. The Hall–Kier alpha value is -2.48. The number of carboxylic acid groups (broad SMARTS) is 1. The van der Waals surface area contributed by atoms with Gasteiger partial charge in [-0.1, -0.05) is 13.3 Å². The number of carbonyl (C=O) groups is 2. The van der Waals surface area contributed by atoms with Gasteiger partial charge >= 0.3 is 11.6 Å². The highest BCUT2D eigenvalue weighted by atomic mass is 32.2. The Morgan fingerprint density at radius 1 is 1.36 bits per heavy atom. The van der Waals surface area contributed by atoms with E-state index < -0.39 is 23.5 Å². The highest BCUT2D eigenvalue weighted by Crippen LogP contribution is 2.28. The summed E-state index contributed by atoms with van der Waals surface area (Å²) in [5.74, 6) is -0.555. The maximum Gasteiger partial charge on any atom is 0.336 e. The lowest BCUT2D eigenvalue weighted by atomic mass is 10.0. The van der Waals surface area contributed by atoms with Crippen LogP contribution in [-0.4, -0.2) is 41.6 Å². The van der Waals surface area contributed by atoms with Crippen LogP contribution >= 0.6 is 11.8 Å². The minimum atomic E-state index is -1.07. The van der Waals surface area contributed by atoms with Crippen LogP contribution in [0.5, 0.6) is 5.75 Å². The van der Waals surface area contributed by atoms with Crippen LogP contribution < -0.4 is 15.7 Å². The molecular formula is C20H25NO6S. The lowest BCUT2D eigenvalue weighted by molar-refractivity contribution is -0.142. The molecule has 0 aliphatic heterocycles. The molecule has 0 saturated carbocycles. The van der Waals surface area contributed by atoms with E-state index in [0.29, 0.717) is 29.1 Å². The molecule has 0 spiro atoms. The molecule has 0 bridgehead atoms. The van der Waals surface area contributed by atoms with Gasteiger partial charge in [-0.2, -0.15) is 11.8 Å². The number of carboxylic acids is 1. The molecule has 0 aliphatic carbocycles. The van der Waals surface area contributed by atoms with Crippen molar-refractivity contribution in [2.75, 3.05) is 18.6 Å². The zero-order chi connectivity index (χ0) is 20.7. The van der Waals surface area contributed by atoms with Crippen molar-refractivity contribution < 1.29 is 23.8 Å². The van der Waals surface area contributed by atoms with Gasteiger partial charge in [0.2, 0.25) is 0 Å². The molecule has 1 atom stereocenters. The highest BCUT2D eigenvalue weighted by molar-refractivity contribution is 7.98. The average Bonchev–Trinajstić information content (AvgIpc) is 2.65. The van der Waals surface area contributed by atoms with Gasteiger partial charge in [0, 0.05) is 17.0 Å². The van der Waals surface area contributed by atoms with E-state index >= 15 is 0 Å². The maximum atomic E-state index is 12.1. The number of aliphatic carboxylic acids is 1. The number of benzene rings is 1. The third-order valence-corrected chi connectivity index (χ3v) is 4.96. The third-order valence-electron chi connectivity index (χ3n) is 4.32. The molecule has 0 fully saturated rings. The van der Waals surface area contributed by atoms with E-state index in [0.717, 1.165) is 23.8 Å². The molecule has 0 radical (unpaired) electrons. The number of nitrogens with one attached hydrogen (secondary N) is 1. The molecule has 2 N–H and O–H groups in total. The molecule has 1 heterocycles. The molecular weight excluding hydrogens is 382 g/mol. The molecule has 1 amide bonds. The fourth-order valence-electron chi connectivity index (χ4n) is 2.91. The Labute approximate surface area is 167 Å². The zero-order valence-corrected chi connectivity index (χ0v) is 17.1. The Morgan fingerprint density at radius 3 is 2.75 bits per heavy atom. The van der Waals surface area contributed by atoms with Crippen molar-refractivity contribution >= 4 is 34.6 Å². The van der Waals surface area contributed by atoms with Crippen molar-refractivity contribution in [3.05, 3.63) is 39.7 Å². The summed E-state index contributed by atoms with van der Waals surface area (Å²) in [6, 6.07) is 4.09. The summed E-state index contributed by atoms with van der Waals surface area (Å²) in [6.07, 6.45) is 3.87. The van der Waals surface area contributed by atoms with E-state index in [4.69, 9.17) is 9.15 Å². The van der Waals surface area contributed by atoms with Crippen LogP contribution in [0.3, 0.4) is 0 Å². The average molecular weight is 407 g/mol. The first-order valence-corrected chi connectivity index (χ1v) is 10.5. The van der Waals surface area contributed by atoms with Crippen LogP contribution in [0.4, 0.5) is 0 Å². The van der Waals surface area contributed by atoms with Crippen molar-refractivity contribution in [1.82, 2.24) is 5.32 Å². The largest absolute Gasteiger partial charge is 0.483 e. The number of thioether (sulfide) groups is 1. The van der Waals surface area contributed by atoms with E-state index in [-0.39, 0.29) is 6.61 Å². The van der Waals surface area contributed by atoms with Gasteiger partial charge < -0.3 is 19.6 Å². The molecule has 1 aromatic heterocycles. The number of hydrogen-bond acceptors (Lipinski definition) is 6. The van der Waals surface area contributed by atoms with Gasteiger partial charge in [-0.05, 0) is 49.5 Å². The summed E-state index contributed by atoms with van der Waals surface area (Å²) >= 11 is 1.51. The smallest absolute Gasteiger partial charge is 0.336 e. The van der Waals surface area contributed by atoms with Crippen LogP contribution in [0.15, 0.2) is 27.4 Å². The van der Waals surface area contributed by atoms with Gasteiger partial charge in [0.1, 0.15) is 17.4 Å². The molecule has 2 aromatic rings. The molecule has 1 aromatic carbocycles. The minimum absolute atomic E-state index is 0.325. The monoisotopic (exact) mass is 407 g/mol. The molecule has 152 valence electrons. The highest BCUT2D eigenvalue weighted by Gasteiger charge is 2.20. The van der Waals surface area contributed by atoms with E-state index in [2.05, 4.69) is 5.32 Å². The summed E-state index contributed by atoms with van der Waals surface area (Å²) in [6.45, 7) is 3.47. The lowest BCUT2D eigenvalue weighted by Gasteiger charge is -2.15. The molecule has 28 heavy (non-hydrogen) atoms. The first-order valence-electron chi connectivity index (χ1n) is 9.07. The van der Waals surface area contributed by atoms with Gasteiger partial charge in [-0.15, -0.1) is 0 Å². The number of carbonyl (C=O) groups excluding carboxylic acids is 1. The maximum absolute atomic E-state index is 12.1. The number of ether oxygens (including phenoxy) is 1. The van der Waals surface area contributed by atoms with E-state index in [9.17, 15) is 19.5 Å². The summed E-state index contributed by atoms with van der Waals surface area (Å²) in [7, 11) is 0. The summed E-state index contributed by atoms with van der Waals surface area (Å²) in [4.78, 5) is 35.2. The van der Waals surface area contributed by atoms with Crippen LogP contribution in [0, 0.1) is 6.92 Å². The van der Waals surface area contributed by atoms with E-state index in [1.165, 1.54) is 17.8 Å². The summed E-state index contributed by atoms with van der Waals surface area (Å²) in [5, 5.41) is 12.5. The molecule has 0 aliphatic rings. The van der Waals surface area contributed by atoms with Crippen LogP contribution in [0.1, 0.15) is 30.9 Å². The molecule has 1 unspecified atom stereocenters. The minimum Gasteiger partial charge on any atom is -0.483 e. The standard InChI is InChI=1S/C20H25NO6S/c1-4-5-13-10-18(23)27-19-12(2)16(7-6-14(13)19)26-11-17(22)21-15(20(24)25)8-9-28-3/h6-7,10,15H,4-5,8-9,11H2,1-3H3,(H,21,22)(H,24,25). The second-order valence-corrected chi connectivity index (χ2v) is 7.42. The second-order valence-electron chi connectivity index (χ2n) is 6.43. The molecule has 8 heteroatoms. The van der Waals surface area contributed by atoms with Crippen molar-refractivity contribution in [3.63, 3.8) is 0 Å². The molecule has 7 nitrogen and oxygen atoms in total. The van der Waals surface area contributed by atoms with Crippen LogP contribution in [0.25, 0.3) is 11.0 Å². The van der Waals surface area contributed by atoms with Gasteiger partial charge in [0.15, 0.2) is 6.61 Å². The van der Waals surface area contributed by atoms with Crippen LogP contribution in [0.2, 0.25) is 0 Å². The number of fused-ring (bicyclic) bond motifs is 1. The van der Waals surface area contributed by atoms with Crippen molar-refractivity contribution in [3.8, 4) is 5.75 Å². The third kappa shape index (κ3) is 5.51. The Morgan fingerprint density at radius 2 is 2.11 bits per heavy atom. The Balaban J connectivity index is 2.14. The number of hydrogen-bond donors (Lipinski definition) is 2. The molecule has 0 saturated heterocycles. The van der Waals surface area contributed by atoms with E-state index in [1.54, 1.807) is 13.0 Å². The normalized spacial score (nSPS) is 12.0. The second kappa shape index (κ2) is 10.2. The van der Waals surface area contributed by atoms with Gasteiger partial charge in [-0.25, -0.2) is 9.59 Å². The Bertz CT molecular complexity index is 907. The van der Waals surface area contributed by atoms with E-state index in [1.807, 2.05) is 19.2 Å². The van der Waals surface area contributed by atoms with Gasteiger partial charge in [0.05, 0.1) is 0 Å². The predicted molar refractivity (Wildman–Crippen MR) is 109 cm³/mol. The summed E-state index contributed by atoms with van der Waals surface area (Å²) < 4.78 is 10.9. The fourth-order valence-corrected chi connectivity index (χ4v) is 3.38. The number of amides is 1. The topological polar surface area (TPSA) is 106 Å². The molecule has 2 rings (SSSR count). The predicted octanol–water partition coefficient (Wildman–Crippen LogP) is 2.76. The number of rotatable bonds is 10. The van der Waals surface area contributed by atoms with Crippen molar-refractivity contribution in [2.45, 2.75) is 39.2 Å². The quantitative estimate of drug-likeness (QED) is 0.583. The first kappa shape index (κ1) is 21.8. The Kier molecular flexibility index (Phi) is 7.92. The van der Waals surface area contributed by atoms with Gasteiger partial charge in [-0.3, -0.25) is 4.79 Å². The van der Waals surface area contributed by atoms with Crippen molar-refractivity contribution in [2.24, 2.45) is 0 Å². The van der Waals surface area contributed by atoms with Crippen molar-refractivity contribution in [1.29, 1.82) is 0 Å². The SMILES string of the molecule is CCCc1cc(=O)oc2c(C)c(OCC(=O)NC(CCSC)C(=O)O)ccc12. The number of aryl methyl sites for hydroxylation is 2. The van der Waals surface area contributed by atoms with Crippen LogP contribution in [-0.2, 0) is 16.0 Å². The van der Waals surface area contributed by atoms with Gasteiger partial charge in [0.25, 0.3) is 5.91 Å². The lowest BCUT2D eigenvalue weighted by Crippen LogP contribution is -2.43. The first-order chi connectivity index (χ1) is 13.4.